The van der Waals surface area contributed by atoms with Crippen LogP contribution in [0.4, 0.5) is 4.39 Å². The van der Waals surface area contributed by atoms with Crippen LogP contribution in [0.2, 0.25) is 0 Å². The van der Waals surface area contributed by atoms with Crippen molar-refractivity contribution in [1.29, 1.82) is 0 Å². The molecule has 1 aromatic carbocycles. The molecule has 1 aliphatic carbocycles. The van der Waals surface area contributed by atoms with Gasteiger partial charge < -0.3 is 9.80 Å². The second-order valence-electron chi connectivity index (χ2n) is 10.6. The normalized spacial score (nSPS) is 26.8. The third-order valence-corrected chi connectivity index (χ3v) is 7.05. The summed E-state index contributed by atoms with van der Waals surface area (Å²) >= 11 is 0. The maximum Gasteiger partial charge on any atom is 0.274 e. The van der Waals surface area contributed by atoms with Crippen molar-refractivity contribution in [2.24, 2.45) is 10.8 Å². The first-order chi connectivity index (χ1) is 14.6. The van der Waals surface area contributed by atoms with Gasteiger partial charge in [0.2, 0.25) is 0 Å². The molecule has 3 aliphatic rings. The molecule has 2 aliphatic heterocycles. The summed E-state index contributed by atoms with van der Waals surface area (Å²) in [6, 6.07) is 8.08. The molecule has 5 rings (SSSR count). The van der Waals surface area contributed by atoms with Gasteiger partial charge in [-0.1, -0.05) is 32.9 Å². The molecule has 0 N–H and O–H groups in total. The highest BCUT2D eigenvalue weighted by Crippen LogP contribution is 2.52. The molecule has 2 fully saturated rings. The molecule has 2 aromatic rings. The molecule has 2 unspecified atom stereocenters. The number of nitrogens with zero attached hydrogens (tertiary/aromatic N) is 4. The van der Waals surface area contributed by atoms with Crippen molar-refractivity contribution in [1.82, 2.24) is 19.6 Å². The lowest BCUT2D eigenvalue weighted by atomic mass is 9.65. The van der Waals surface area contributed by atoms with Crippen LogP contribution in [0.25, 0.3) is 0 Å². The van der Waals surface area contributed by atoms with Crippen LogP contribution in [0.1, 0.15) is 66.6 Å². The average Bonchev–Trinajstić information content (AvgIpc) is 3.23. The Bertz CT molecular complexity index is 1040. The SMILES string of the molecule is CC1(C)CC2CC(C)(CN2C(=O)c2cc3n(n2)CCN(Cc2ccc(F)cc2)C3=O)C1. The van der Waals surface area contributed by atoms with Gasteiger partial charge in [-0.3, -0.25) is 14.3 Å². The number of hydrogen-bond donors (Lipinski definition) is 0. The van der Waals surface area contributed by atoms with E-state index in [1.54, 1.807) is 27.8 Å². The first kappa shape index (κ1) is 20.2. The summed E-state index contributed by atoms with van der Waals surface area (Å²) in [5, 5.41) is 4.50. The van der Waals surface area contributed by atoms with Gasteiger partial charge in [-0.25, -0.2) is 4.39 Å². The van der Waals surface area contributed by atoms with E-state index in [4.69, 9.17) is 0 Å². The minimum Gasteiger partial charge on any atom is -0.334 e. The van der Waals surface area contributed by atoms with Crippen molar-refractivity contribution in [2.45, 2.75) is 59.2 Å². The number of hydrogen-bond acceptors (Lipinski definition) is 3. The first-order valence-electron chi connectivity index (χ1n) is 11.1. The number of benzene rings is 1. The number of rotatable bonds is 3. The molecule has 1 saturated heterocycles. The lowest BCUT2D eigenvalue weighted by Crippen LogP contribution is -2.39. The summed E-state index contributed by atoms with van der Waals surface area (Å²) in [6.07, 6.45) is 3.17. The predicted octanol–water partition coefficient (Wildman–Crippen LogP) is 3.72. The van der Waals surface area contributed by atoms with Gasteiger partial charge in [0.25, 0.3) is 11.8 Å². The van der Waals surface area contributed by atoms with Crippen molar-refractivity contribution in [3.8, 4) is 0 Å². The van der Waals surface area contributed by atoms with Crippen LogP contribution >= 0.6 is 0 Å². The zero-order valence-electron chi connectivity index (χ0n) is 18.4. The van der Waals surface area contributed by atoms with E-state index >= 15 is 0 Å². The minimum atomic E-state index is -0.293. The molecular weight excluding hydrogens is 395 g/mol. The molecule has 2 amide bonds. The maximum absolute atomic E-state index is 13.4. The molecular formula is C24H29FN4O2. The van der Waals surface area contributed by atoms with Crippen LogP contribution in [-0.4, -0.2) is 50.5 Å². The Morgan fingerprint density at radius 2 is 1.90 bits per heavy atom. The Morgan fingerprint density at radius 3 is 2.65 bits per heavy atom. The van der Waals surface area contributed by atoms with Gasteiger partial charge in [-0.2, -0.15) is 5.10 Å². The van der Waals surface area contributed by atoms with E-state index < -0.39 is 0 Å². The second kappa shape index (κ2) is 6.90. The van der Waals surface area contributed by atoms with Gasteiger partial charge in [-0.15, -0.1) is 0 Å². The summed E-state index contributed by atoms with van der Waals surface area (Å²) < 4.78 is 14.8. The highest BCUT2D eigenvalue weighted by molar-refractivity contribution is 5.98. The number of carbonyl (C=O) groups excluding carboxylic acids is 2. The third-order valence-electron chi connectivity index (χ3n) is 7.05. The quantitative estimate of drug-likeness (QED) is 0.755. The Hall–Kier alpha value is -2.70. The predicted molar refractivity (Wildman–Crippen MR) is 114 cm³/mol. The Labute approximate surface area is 182 Å². The molecule has 31 heavy (non-hydrogen) atoms. The molecule has 2 bridgehead atoms. The van der Waals surface area contributed by atoms with Gasteiger partial charge in [0.05, 0.1) is 6.54 Å². The van der Waals surface area contributed by atoms with E-state index in [2.05, 4.69) is 25.9 Å². The maximum atomic E-state index is 13.4. The van der Waals surface area contributed by atoms with Gasteiger partial charge in [0.15, 0.2) is 5.69 Å². The largest absolute Gasteiger partial charge is 0.334 e. The lowest BCUT2D eigenvalue weighted by molar-refractivity contribution is 0.0675. The van der Waals surface area contributed by atoms with Crippen LogP contribution in [0.3, 0.4) is 0 Å². The number of aromatic nitrogens is 2. The molecule has 2 atom stereocenters. The minimum absolute atomic E-state index is 0.0637. The Morgan fingerprint density at radius 1 is 1.16 bits per heavy atom. The summed E-state index contributed by atoms with van der Waals surface area (Å²) in [4.78, 5) is 30.1. The fourth-order valence-electron chi connectivity index (χ4n) is 6.15. The van der Waals surface area contributed by atoms with E-state index in [0.717, 1.165) is 31.4 Å². The van der Waals surface area contributed by atoms with Crippen LogP contribution in [0, 0.1) is 16.6 Å². The summed E-state index contributed by atoms with van der Waals surface area (Å²) in [5.74, 6) is -0.500. The van der Waals surface area contributed by atoms with E-state index in [9.17, 15) is 14.0 Å². The first-order valence-corrected chi connectivity index (χ1v) is 11.1. The second-order valence-corrected chi connectivity index (χ2v) is 10.6. The smallest absolute Gasteiger partial charge is 0.274 e. The van der Waals surface area contributed by atoms with E-state index in [1.807, 2.05) is 4.90 Å². The standard InChI is InChI=1S/C24H29FN4O2/c1-23(2)11-18-12-24(3,14-23)15-28(18)21(30)19-10-20-22(31)27(8-9-29(20)26-19)13-16-4-6-17(25)7-5-16/h4-7,10,18H,8-9,11-15H2,1-3H3. The van der Waals surface area contributed by atoms with Crippen molar-refractivity contribution in [2.75, 3.05) is 13.1 Å². The molecule has 6 nitrogen and oxygen atoms in total. The summed E-state index contributed by atoms with van der Waals surface area (Å²) in [7, 11) is 0. The van der Waals surface area contributed by atoms with Crippen LogP contribution in [0.5, 0.6) is 0 Å². The third kappa shape index (κ3) is 3.64. The number of carbonyl (C=O) groups is 2. The van der Waals surface area contributed by atoms with Gasteiger partial charge in [0.1, 0.15) is 11.5 Å². The molecule has 0 spiro atoms. The van der Waals surface area contributed by atoms with Crippen molar-refractivity contribution < 1.29 is 14.0 Å². The molecule has 1 saturated carbocycles. The van der Waals surface area contributed by atoms with Crippen LogP contribution in [-0.2, 0) is 13.1 Å². The number of amides is 2. The van der Waals surface area contributed by atoms with Crippen molar-refractivity contribution >= 4 is 11.8 Å². The van der Waals surface area contributed by atoms with Gasteiger partial charge in [-0.05, 0) is 47.8 Å². The number of fused-ring (bicyclic) bond motifs is 3. The highest BCUT2D eigenvalue weighted by atomic mass is 19.1. The van der Waals surface area contributed by atoms with Crippen molar-refractivity contribution in [3.63, 3.8) is 0 Å². The molecule has 7 heteroatoms. The van der Waals surface area contributed by atoms with Crippen molar-refractivity contribution in [3.05, 3.63) is 53.1 Å². The van der Waals surface area contributed by atoms with Gasteiger partial charge >= 0.3 is 0 Å². The molecule has 0 radical (unpaired) electrons. The van der Waals surface area contributed by atoms with Crippen LogP contribution < -0.4 is 0 Å². The summed E-state index contributed by atoms with van der Waals surface area (Å²) in [6.45, 7) is 9.08. The monoisotopic (exact) mass is 424 g/mol. The molecule has 1 aromatic heterocycles. The highest BCUT2D eigenvalue weighted by Gasteiger charge is 2.51. The fraction of sp³-hybridized carbons (Fsp3) is 0.542. The van der Waals surface area contributed by atoms with E-state index in [-0.39, 0.29) is 34.5 Å². The van der Waals surface area contributed by atoms with Crippen LogP contribution in [0.15, 0.2) is 30.3 Å². The number of halogens is 1. The zero-order valence-corrected chi connectivity index (χ0v) is 18.4. The topological polar surface area (TPSA) is 58.4 Å². The number of likely N-dealkylation sites (tertiary alicyclic amines) is 1. The Balaban J connectivity index is 1.34. The van der Waals surface area contributed by atoms with E-state index in [0.29, 0.717) is 31.0 Å². The summed E-state index contributed by atoms with van der Waals surface area (Å²) in [5.41, 5.74) is 2.07. The van der Waals surface area contributed by atoms with E-state index in [1.165, 1.54) is 12.1 Å². The Kier molecular flexibility index (Phi) is 4.50. The molecule has 3 heterocycles. The zero-order chi connectivity index (χ0) is 22.0. The lowest BCUT2D eigenvalue weighted by Gasteiger charge is -2.39. The average molecular weight is 425 g/mol. The molecule has 164 valence electrons. The van der Waals surface area contributed by atoms with Gasteiger partial charge in [0, 0.05) is 31.7 Å². The fourth-order valence-corrected chi connectivity index (χ4v) is 6.15.